The molecule has 0 bridgehead atoms. The Bertz CT molecular complexity index is 467. The maximum atomic E-state index is 10.9. The van der Waals surface area contributed by atoms with Crippen molar-refractivity contribution in [1.82, 2.24) is 0 Å². The van der Waals surface area contributed by atoms with Crippen LogP contribution in [0.1, 0.15) is 18.4 Å². The van der Waals surface area contributed by atoms with Gasteiger partial charge in [0.2, 0.25) is 0 Å². The molecule has 1 fully saturated rings. The van der Waals surface area contributed by atoms with E-state index < -0.39 is 0 Å². The van der Waals surface area contributed by atoms with Gasteiger partial charge in [-0.05, 0) is 25.0 Å². The third-order valence-corrected chi connectivity index (χ3v) is 4.08. The van der Waals surface area contributed by atoms with Crippen molar-refractivity contribution in [1.29, 1.82) is 0 Å². The van der Waals surface area contributed by atoms with Gasteiger partial charge >= 0.3 is 0 Å². The van der Waals surface area contributed by atoms with Gasteiger partial charge in [-0.2, -0.15) is 0 Å². The number of nitro benzene ring substituents is 1. The number of anilines is 1. The Balaban J connectivity index is 2.23. The Kier molecular flexibility index (Phi) is 4.76. The normalized spacial score (nSPS) is 19.5. The molecule has 0 aromatic heterocycles. The van der Waals surface area contributed by atoms with Crippen LogP contribution in [0.15, 0.2) is 18.2 Å². The number of benzene rings is 1. The molecule has 0 amide bonds. The van der Waals surface area contributed by atoms with Crippen LogP contribution in [0.25, 0.3) is 0 Å². The first-order chi connectivity index (χ1) is 9.15. The van der Waals surface area contributed by atoms with Crippen LogP contribution in [0, 0.1) is 10.1 Å². The largest absolute Gasteiger partial charge is 0.380 e. The molecule has 0 N–H and O–H groups in total. The summed E-state index contributed by atoms with van der Waals surface area (Å²) in [5.74, 6) is 0. The molecule has 1 aliphatic heterocycles. The predicted octanol–water partition coefficient (Wildman–Crippen LogP) is 3.10. The quantitative estimate of drug-likeness (QED) is 0.484. The number of nitrogens with zero attached hydrogens (tertiary/aromatic N) is 2. The van der Waals surface area contributed by atoms with Crippen LogP contribution in [0.5, 0.6) is 0 Å². The van der Waals surface area contributed by atoms with Crippen molar-refractivity contribution in [2.75, 3.05) is 25.1 Å². The van der Waals surface area contributed by atoms with Gasteiger partial charge in [0.05, 0.1) is 11.0 Å². The lowest BCUT2D eigenvalue weighted by molar-refractivity contribution is -0.385. The molecule has 1 atom stereocenters. The topological polar surface area (TPSA) is 55.6 Å². The van der Waals surface area contributed by atoms with Gasteiger partial charge in [-0.1, -0.05) is 15.9 Å². The zero-order chi connectivity index (χ0) is 13.8. The molecule has 1 aromatic rings. The maximum Gasteiger partial charge on any atom is 0.273 e. The van der Waals surface area contributed by atoms with E-state index in [-0.39, 0.29) is 16.7 Å². The highest BCUT2D eigenvalue weighted by molar-refractivity contribution is 9.08. The molecule has 1 unspecified atom stereocenters. The molecule has 0 aliphatic carbocycles. The molecule has 0 spiro atoms. The fraction of sp³-hybridized carbons (Fsp3) is 0.538. The van der Waals surface area contributed by atoms with Crippen LogP contribution in [0.3, 0.4) is 0 Å². The highest BCUT2D eigenvalue weighted by Crippen LogP contribution is 2.28. The molecule has 1 aliphatic rings. The van der Waals surface area contributed by atoms with Gasteiger partial charge < -0.3 is 9.64 Å². The predicted molar refractivity (Wildman–Crippen MR) is 78.0 cm³/mol. The van der Waals surface area contributed by atoms with Crippen LogP contribution in [-0.4, -0.2) is 31.2 Å². The number of hydrogen-bond acceptors (Lipinski definition) is 4. The number of rotatable bonds is 4. The second kappa shape index (κ2) is 6.34. The lowest BCUT2D eigenvalue weighted by atomic mass is 10.1. The van der Waals surface area contributed by atoms with Crippen LogP contribution in [0.2, 0.25) is 0 Å². The van der Waals surface area contributed by atoms with Crippen molar-refractivity contribution in [2.45, 2.75) is 24.3 Å². The van der Waals surface area contributed by atoms with Crippen molar-refractivity contribution in [3.8, 4) is 0 Å². The summed E-state index contributed by atoms with van der Waals surface area (Å²) < 4.78 is 5.40. The average molecular weight is 329 g/mol. The number of alkyl halides is 1. The lowest BCUT2D eigenvalue weighted by Crippen LogP contribution is -2.39. The van der Waals surface area contributed by atoms with Gasteiger partial charge in [-0.15, -0.1) is 0 Å². The van der Waals surface area contributed by atoms with Gasteiger partial charge in [0.1, 0.15) is 0 Å². The van der Waals surface area contributed by atoms with E-state index in [1.165, 1.54) is 0 Å². The highest BCUT2D eigenvalue weighted by Gasteiger charge is 2.21. The Morgan fingerprint density at radius 3 is 3.00 bits per heavy atom. The van der Waals surface area contributed by atoms with E-state index in [9.17, 15) is 10.1 Å². The van der Waals surface area contributed by atoms with Crippen LogP contribution in [-0.2, 0) is 10.1 Å². The third kappa shape index (κ3) is 3.25. The third-order valence-electron chi connectivity index (χ3n) is 3.48. The van der Waals surface area contributed by atoms with Crippen LogP contribution < -0.4 is 4.90 Å². The number of methoxy groups -OCH3 is 1. The second-order valence-electron chi connectivity index (χ2n) is 4.65. The number of hydrogen-bond donors (Lipinski definition) is 0. The summed E-state index contributed by atoms with van der Waals surface area (Å²) in [7, 11) is 1.73. The standard InChI is InChI=1S/C13H17BrN2O3/c1-19-12-3-2-6-15(9-12)11-4-5-13(16(17)18)10(7-11)8-14/h4-5,7,12H,2-3,6,8-9H2,1H3. The van der Waals surface area contributed by atoms with Crippen molar-refractivity contribution in [3.05, 3.63) is 33.9 Å². The monoisotopic (exact) mass is 328 g/mol. The summed E-state index contributed by atoms with van der Waals surface area (Å²) in [5.41, 5.74) is 1.91. The molecule has 19 heavy (non-hydrogen) atoms. The fourth-order valence-corrected chi connectivity index (χ4v) is 2.87. The first-order valence-corrected chi connectivity index (χ1v) is 7.39. The molecule has 0 saturated carbocycles. The van der Waals surface area contributed by atoms with E-state index in [0.717, 1.165) is 31.6 Å². The van der Waals surface area contributed by atoms with Crippen LogP contribution >= 0.6 is 15.9 Å². The fourth-order valence-electron chi connectivity index (χ4n) is 2.42. The minimum Gasteiger partial charge on any atom is -0.380 e. The van der Waals surface area contributed by atoms with E-state index >= 15 is 0 Å². The SMILES string of the molecule is COC1CCCN(c2ccc([N+](=O)[O-])c(CBr)c2)C1. The van der Waals surface area contributed by atoms with E-state index in [4.69, 9.17) is 4.74 Å². The lowest BCUT2D eigenvalue weighted by Gasteiger charge is -2.33. The van der Waals surface area contributed by atoms with Gasteiger partial charge in [-0.3, -0.25) is 10.1 Å². The molecule has 2 rings (SSSR count). The van der Waals surface area contributed by atoms with E-state index in [0.29, 0.717) is 10.9 Å². The van der Waals surface area contributed by atoms with E-state index in [1.54, 1.807) is 13.2 Å². The molecule has 0 radical (unpaired) electrons. The number of ether oxygens (including phenoxy) is 1. The van der Waals surface area contributed by atoms with Crippen LogP contribution in [0.4, 0.5) is 11.4 Å². The summed E-state index contributed by atoms with van der Waals surface area (Å²) in [6.45, 7) is 1.81. The Labute approximate surface area is 120 Å². The molecule has 5 nitrogen and oxygen atoms in total. The Morgan fingerprint density at radius 1 is 1.58 bits per heavy atom. The summed E-state index contributed by atoms with van der Waals surface area (Å²) in [4.78, 5) is 12.8. The van der Waals surface area contributed by atoms with Crippen molar-refractivity contribution < 1.29 is 9.66 Å². The van der Waals surface area contributed by atoms with Crippen molar-refractivity contribution in [2.24, 2.45) is 0 Å². The summed E-state index contributed by atoms with van der Waals surface area (Å²) >= 11 is 3.31. The molecule has 104 valence electrons. The molecular weight excluding hydrogens is 312 g/mol. The van der Waals surface area contributed by atoms with Gasteiger partial charge in [0, 0.05) is 42.8 Å². The molecule has 1 aromatic carbocycles. The number of halogens is 1. The van der Waals surface area contributed by atoms with Crippen molar-refractivity contribution >= 4 is 27.3 Å². The molecule has 1 heterocycles. The summed E-state index contributed by atoms with van der Waals surface area (Å²) in [6.07, 6.45) is 2.40. The minimum absolute atomic E-state index is 0.168. The van der Waals surface area contributed by atoms with Gasteiger partial charge in [-0.25, -0.2) is 0 Å². The number of nitro groups is 1. The zero-order valence-electron chi connectivity index (χ0n) is 10.8. The van der Waals surface area contributed by atoms with Crippen molar-refractivity contribution in [3.63, 3.8) is 0 Å². The Hall–Kier alpha value is -1.14. The smallest absolute Gasteiger partial charge is 0.273 e. The molecule has 1 saturated heterocycles. The minimum atomic E-state index is -0.339. The Morgan fingerprint density at radius 2 is 2.37 bits per heavy atom. The summed E-state index contributed by atoms with van der Waals surface area (Å²) in [5, 5.41) is 11.4. The average Bonchev–Trinajstić information content (AvgIpc) is 2.46. The number of piperidine rings is 1. The van der Waals surface area contributed by atoms with E-state index in [2.05, 4.69) is 20.8 Å². The first kappa shape index (κ1) is 14.3. The highest BCUT2D eigenvalue weighted by atomic mass is 79.9. The first-order valence-electron chi connectivity index (χ1n) is 6.26. The maximum absolute atomic E-state index is 10.9. The molecule has 6 heteroatoms. The van der Waals surface area contributed by atoms with Gasteiger partial charge in [0.15, 0.2) is 0 Å². The second-order valence-corrected chi connectivity index (χ2v) is 5.21. The molecular formula is C13H17BrN2O3. The van der Waals surface area contributed by atoms with Gasteiger partial charge in [0.25, 0.3) is 5.69 Å². The zero-order valence-corrected chi connectivity index (χ0v) is 12.4. The summed E-state index contributed by atoms with van der Waals surface area (Å²) in [6, 6.07) is 5.30. The van der Waals surface area contributed by atoms with E-state index in [1.807, 2.05) is 12.1 Å².